The van der Waals surface area contributed by atoms with Crippen LogP contribution in [0.1, 0.15) is 44.6 Å². The highest BCUT2D eigenvalue weighted by atomic mass is 79.9. The van der Waals surface area contributed by atoms with Gasteiger partial charge in [-0.3, -0.25) is 4.79 Å². The fourth-order valence-electron chi connectivity index (χ4n) is 2.20. The van der Waals surface area contributed by atoms with Crippen LogP contribution in [0.25, 0.3) is 0 Å². The topological polar surface area (TPSA) is 46.5 Å². The number of benzene rings is 1. The Kier molecular flexibility index (Phi) is 4.19. The molecule has 3 nitrogen and oxygen atoms in total. The van der Waals surface area contributed by atoms with E-state index in [1.165, 1.54) is 0 Å². The highest BCUT2D eigenvalue weighted by Gasteiger charge is 2.45. The van der Waals surface area contributed by atoms with E-state index >= 15 is 0 Å². The Morgan fingerprint density at radius 2 is 2.16 bits per heavy atom. The first-order valence-corrected chi connectivity index (χ1v) is 7.35. The third-order valence-corrected chi connectivity index (χ3v) is 4.10. The summed E-state index contributed by atoms with van der Waals surface area (Å²) in [5.74, 6) is 0.512. The number of rotatable bonds is 6. The summed E-state index contributed by atoms with van der Waals surface area (Å²) in [6.07, 6.45) is 2.11. The predicted octanol–water partition coefficient (Wildman–Crippen LogP) is 4.21. The van der Waals surface area contributed by atoms with Crippen molar-refractivity contribution in [3.05, 3.63) is 28.2 Å². The number of ether oxygens (including phenoxy) is 1. The first-order valence-electron chi connectivity index (χ1n) is 6.56. The Morgan fingerprint density at radius 1 is 1.47 bits per heavy atom. The molecule has 0 saturated heterocycles. The number of halogens is 1. The van der Waals surface area contributed by atoms with Gasteiger partial charge < -0.3 is 9.84 Å². The lowest BCUT2D eigenvalue weighted by Gasteiger charge is -2.18. The average molecular weight is 327 g/mol. The molecule has 1 fully saturated rings. The standard InChI is InChI=1S/C15H19BrO3/c1-10(2)12-7-11(16)3-4-13(12)19-9-15(5-6-15)8-14(17)18/h3-4,7,10H,5-6,8-9H2,1-2H3,(H,17,18). The van der Waals surface area contributed by atoms with Crippen LogP contribution >= 0.6 is 15.9 Å². The maximum absolute atomic E-state index is 10.8. The van der Waals surface area contributed by atoms with Crippen LogP contribution in [0.5, 0.6) is 5.75 Å². The van der Waals surface area contributed by atoms with Gasteiger partial charge in [-0.25, -0.2) is 0 Å². The van der Waals surface area contributed by atoms with Crippen molar-refractivity contribution in [2.75, 3.05) is 6.61 Å². The van der Waals surface area contributed by atoms with E-state index in [0.29, 0.717) is 12.5 Å². The largest absolute Gasteiger partial charge is 0.493 e. The number of hydrogen-bond acceptors (Lipinski definition) is 2. The van der Waals surface area contributed by atoms with Gasteiger partial charge in [-0.05, 0) is 42.5 Å². The molecule has 0 bridgehead atoms. The number of aliphatic carboxylic acids is 1. The summed E-state index contributed by atoms with van der Waals surface area (Å²) < 4.78 is 6.93. The third kappa shape index (κ3) is 3.72. The molecule has 4 heteroatoms. The first-order chi connectivity index (χ1) is 8.92. The summed E-state index contributed by atoms with van der Waals surface area (Å²) in [7, 11) is 0. The van der Waals surface area contributed by atoms with Crippen molar-refractivity contribution in [1.82, 2.24) is 0 Å². The van der Waals surface area contributed by atoms with Gasteiger partial charge in [0.05, 0.1) is 13.0 Å². The van der Waals surface area contributed by atoms with Gasteiger partial charge in [-0.15, -0.1) is 0 Å². The summed E-state index contributed by atoms with van der Waals surface area (Å²) >= 11 is 3.47. The van der Waals surface area contributed by atoms with Gasteiger partial charge in [-0.2, -0.15) is 0 Å². The van der Waals surface area contributed by atoms with Gasteiger partial charge in [-0.1, -0.05) is 29.8 Å². The lowest BCUT2D eigenvalue weighted by atomic mass is 10.0. The molecule has 0 aromatic heterocycles. The van der Waals surface area contributed by atoms with Gasteiger partial charge in [0.2, 0.25) is 0 Å². The summed E-state index contributed by atoms with van der Waals surface area (Å²) in [6.45, 7) is 4.75. The smallest absolute Gasteiger partial charge is 0.304 e. The van der Waals surface area contributed by atoms with Gasteiger partial charge in [0.15, 0.2) is 0 Å². The Balaban J connectivity index is 2.05. The molecular formula is C15H19BrO3. The molecule has 0 amide bonds. The summed E-state index contributed by atoms with van der Waals surface area (Å²) in [4.78, 5) is 10.8. The summed E-state index contributed by atoms with van der Waals surface area (Å²) in [5.41, 5.74) is 1.02. The van der Waals surface area contributed by atoms with Gasteiger partial charge in [0.25, 0.3) is 0 Å². The van der Waals surface area contributed by atoms with E-state index < -0.39 is 5.97 Å². The minimum atomic E-state index is -0.735. The van der Waals surface area contributed by atoms with E-state index in [2.05, 4.69) is 35.8 Å². The number of carbonyl (C=O) groups is 1. The maximum Gasteiger partial charge on any atom is 0.304 e. The van der Waals surface area contributed by atoms with Crippen LogP contribution in [0, 0.1) is 5.41 Å². The molecule has 19 heavy (non-hydrogen) atoms. The van der Waals surface area contributed by atoms with Crippen molar-refractivity contribution in [2.24, 2.45) is 5.41 Å². The van der Waals surface area contributed by atoms with Crippen LogP contribution in [0.15, 0.2) is 22.7 Å². The highest BCUT2D eigenvalue weighted by molar-refractivity contribution is 9.10. The van der Waals surface area contributed by atoms with Crippen molar-refractivity contribution in [3.8, 4) is 5.75 Å². The molecule has 1 aromatic carbocycles. The van der Waals surface area contributed by atoms with Crippen LogP contribution in [-0.2, 0) is 4.79 Å². The molecule has 104 valence electrons. The van der Waals surface area contributed by atoms with Crippen LogP contribution in [0.2, 0.25) is 0 Å². The van der Waals surface area contributed by atoms with Crippen LogP contribution < -0.4 is 4.74 Å². The Labute approximate surface area is 122 Å². The summed E-state index contributed by atoms with van der Waals surface area (Å²) in [5, 5.41) is 8.90. The summed E-state index contributed by atoms with van der Waals surface area (Å²) in [6, 6.07) is 5.98. The van der Waals surface area contributed by atoms with E-state index in [0.717, 1.165) is 28.6 Å². The van der Waals surface area contributed by atoms with Crippen molar-refractivity contribution in [1.29, 1.82) is 0 Å². The van der Waals surface area contributed by atoms with Gasteiger partial charge in [0, 0.05) is 9.89 Å². The minimum Gasteiger partial charge on any atom is -0.493 e. The second kappa shape index (κ2) is 5.53. The quantitative estimate of drug-likeness (QED) is 0.851. The minimum absolute atomic E-state index is 0.132. The van der Waals surface area contributed by atoms with E-state index in [4.69, 9.17) is 9.84 Å². The molecule has 1 aliphatic carbocycles. The molecule has 0 spiro atoms. The SMILES string of the molecule is CC(C)c1cc(Br)ccc1OCC1(CC(=O)O)CC1. The van der Waals surface area contributed by atoms with Crippen LogP contribution in [0.4, 0.5) is 0 Å². The van der Waals surface area contributed by atoms with Crippen LogP contribution in [0.3, 0.4) is 0 Å². The third-order valence-electron chi connectivity index (χ3n) is 3.61. The van der Waals surface area contributed by atoms with Crippen molar-refractivity contribution in [3.63, 3.8) is 0 Å². The van der Waals surface area contributed by atoms with Crippen molar-refractivity contribution >= 4 is 21.9 Å². The van der Waals surface area contributed by atoms with Gasteiger partial charge >= 0.3 is 5.97 Å². The monoisotopic (exact) mass is 326 g/mol. The molecule has 2 rings (SSSR count). The molecule has 1 aliphatic rings. The Bertz CT molecular complexity index is 478. The number of carboxylic acids is 1. The fraction of sp³-hybridized carbons (Fsp3) is 0.533. The second-order valence-electron chi connectivity index (χ2n) is 5.70. The van der Waals surface area contributed by atoms with Crippen LogP contribution in [-0.4, -0.2) is 17.7 Å². The molecule has 0 unspecified atom stereocenters. The van der Waals surface area contributed by atoms with Crippen molar-refractivity contribution < 1.29 is 14.6 Å². The second-order valence-corrected chi connectivity index (χ2v) is 6.61. The molecule has 0 atom stereocenters. The molecule has 1 N–H and O–H groups in total. The van der Waals surface area contributed by atoms with Gasteiger partial charge in [0.1, 0.15) is 5.75 Å². The number of hydrogen-bond donors (Lipinski definition) is 1. The zero-order valence-corrected chi connectivity index (χ0v) is 12.9. The van der Waals surface area contributed by atoms with E-state index in [1.807, 2.05) is 12.1 Å². The first kappa shape index (κ1) is 14.4. The molecule has 0 heterocycles. The van der Waals surface area contributed by atoms with Crippen molar-refractivity contribution in [2.45, 2.75) is 39.0 Å². The maximum atomic E-state index is 10.8. The Morgan fingerprint density at radius 3 is 2.68 bits per heavy atom. The Hall–Kier alpha value is -1.03. The number of carboxylic acid groups (broad SMARTS) is 1. The lowest BCUT2D eigenvalue weighted by Crippen LogP contribution is -2.17. The molecule has 0 radical (unpaired) electrons. The molecular weight excluding hydrogens is 308 g/mol. The molecule has 1 saturated carbocycles. The van der Waals surface area contributed by atoms with E-state index in [-0.39, 0.29) is 11.8 Å². The average Bonchev–Trinajstić information content (AvgIpc) is 3.06. The molecule has 0 aliphatic heterocycles. The highest BCUT2D eigenvalue weighted by Crippen LogP contribution is 2.49. The predicted molar refractivity (Wildman–Crippen MR) is 77.6 cm³/mol. The fourth-order valence-corrected chi connectivity index (χ4v) is 2.58. The molecule has 1 aromatic rings. The van der Waals surface area contributed by atoms with E-state index in [9.17, 15) is 4.79 Å². The zero-order valence-electron chi connectivity index (χ0n) is 11.3. The van der Waals surface area contributed by atoms with E-state index in [1.54, 1.807) is 0 Å². The lowest BCUT2D eigenvalue weighted by molar-refractivity contribution is -0.138. The normalized spacial score (nSPS) is 16.4. The zero-order chi connectivity index (χ0) is 14.0.